The summed E-state index contributed by atoms with van der Waals surface area (Å²) in [4.78, 5) is 14.5. The van der Waals surface area contributed by atoms with Crippen LogP contribution in [-0.2, 0) is 15.6 Å². The lowest BCUT2D eigenvalue weighted by Crippen LogP contribution is -2.06. The van der Waals surface area contributed by atoms with Gasteiger partial charge in [0, 0.05) is 16.6 Å². The van der Waals surface area contributed by atoms with Crippen molar-refractivity contribution in [3.8, 4) is 10.6 Å². The number of anilines is 2. The van der Waals surface area contributed by atoms with Gasteiger partial charge in [0.2, 0.25) is 0 Å². The van der Waals surface area contributed by atoms with Crippen LogP contribution in [0.4, 0.5) is 10.9 Å². The summed E-state index contributed by atoms with van der Waals surface area (Å²) in [5.41, 5.74) is 2.50. The summed E-state index contributed by atoms with van der Waals surface area (Å²) in [7, 11) is -3.50. The third-order valence-electron chi connectivity index (χ3n) is 4.24. The van der Waals surface area contributed by atoms with Crippen molar-refractivity contribution in [2.75, 3.05) is 5.32 Å². The molecule has 0 bridgehead atoms. The van der Waals surface area contributed by atoms with E-state index in [2.05, 4.69) is 20.3 Å². The lowest BCUT2D eigenvalue weighted by Gasteiger charge is -2.06. The van der Waals surface area contributed by atoms with E-state index in [1.807, 2.05) is 19.2 Å². The third kappa shape index (κ3) is 4.70. The molecule has 0 atom stereocenters. The summed E-state index contributed by atoms with van der Waals surface area (Å²) < 4.78 is 25.3. The Bertz CT molecular complexity index is 1280. The second kappa shape index (κ2) is 8.43. The quantitative estimate of drug-likeness (QED) is 0.387. The molecule has 0 unspecified atom stereocenters. The van der Waals surface area contributed by atoms with Crippen molar-refractivity contribution in [2.45, 2.75) is 24.5 Å². The molecule has 3 heterocycles. The maximum Gasteiger partial charge on any atom is 0.188 e. The van der Waals surface area contributed by atoms with Crippen LogP contribution in [0, 0.1) is 13.8 Å². The summed E-state index contributed by atoms with van der Waals surface area (Å²) in [6.45, 7) is 3.94. The van der Waals surface area contributed by atoms with E-state index in [1.54, 1.807) is 47.7 Å². The van der Waals surface area contributed by atoms with Gasteiger partial charge in [-0.15, -0.1) is 22.7 Å². The summed E-state index contributed by atoms with van der Waals surface area (Å²) in [5.74, 6) is 0.417. The van der Waals surface area contributed by atoms with Crippen LogP contribution >= 0.6 is 34.3 Å². The topological polar surface area (TPSA) is 84.8 Å². The second-order valence-corrected chi connectivity index (χ2v) is 11.1. The number of nitrogens with one attached hydrogen (secondary N) is 1. The minimum atomic E-state index is -3.50. The number of halogens is 1. The molecule has 10 heteroatoms. The molecule has 4 rings (SSSR count). The normalized spacial score (nSPS) is 11.6. The highest BCUT2D eigenvalue weighted by molar-refractivity contribution is 7.90. The number of benzene rings is 1. The maximum absolute atomic E-state index is 12.6. The Labute approximate surface area is 187 Å². The standard InChI is InChI=1S/C20H17ClN4O2S3/c1-12-19(29-13(2)23-12)17-10-28-20(24-17)25-18-8-7-16(9-22-18)30(26,27)11-14-3-5-15(21)6-4-14/h3-10H,11H2,1-2H3,(H,22,24,25). The molecule has 0 aliphatic rings. The van der Waals surface area contributed by atoms with Gasteiger partial charge in [0.05, 0.1) is 31.9 Å². The van der Waals surface area contributed by atoms with E-state index >= 15 is 0 Å². The highest BCUT2D eigenvalue weighted by Gasteiger charge is 2.17. The van der Waals surface area contributed by atoms with Crippen molar-refractivity contribution in [1.29, 1.82) is 0 Å². The molecule has 0 amide bonds. The predicted molar refractivity (Wildman–Crippen MR) is 123 cm³/mol. The lowest BCUT2D eigenvalue weighted by molar-refractivity contribution is 0.595. The van der Waals surface area contributed by atoms with Crippen LogP contribution < -0.4 is 5.32 Å². The molecular weight excluding hydrogens is 460 g/mol. The van der Waals surface area contributed by atoms with Gasteiger partial charge in [-0.1, -0.05) is 23.7 Å². The highest BCUT2D eigenvalue weighted by Crippen LogP contribution is 2.32. The van der Waals surface area contributed by atoms with Gasteiger partial charge in [0.15, 0.2) is 15.0 Å². The van der Waals surface area contributed by atoms with Crippen molar-refractivity contribution in [3.63, 3.8) is 0 Å². The molecule has 154 valence electrons. The fourth-order valence-electron chi connectivity index (χ4n) is 2.84. The smallest absolute Gasteiger partial charge is 0.188 e. The van der Waals surface area contributed by atoms with E-state index in [4.69, 9.17) is 11.6 Å². The van der Waals surface area contributed by atoms with Gasteiger partial charge in [0.1, 0.15) is 5.82 Å². The van der Waals surface area contributed by atoms with Gasteiger partial charge in [-0.25, -0.2) is 23.4 Å². The monoisotopic (exact) mass is 476 g/mol. The molecule has 0 saturated carbocycles. The van der Waals surface area contributed by atoms with Crippen LogP contribution in [0.1, 0.15) is 16.3 Å². The third-order valence-corrected chi connectivity index (χ3v) is 8.02. The zero-order chi connectivity index (χ0) is 21.3. The highest BCUT2D eigenvalue weighted by atomic mass is 35.5. The molecule has 6 nitrogen and oxygen atoms in total. The second-order valence-electron chi connectivity index (χ2n) is 6.58. The molecule has 0 aliphatic carbocycles. The minimum absolute atomic E-state index is 0.109. The van der Waals surface area contributed by atoms with Gasteiger partial charge in [-0.3, -0.25) is 0 Å². The molecule has 0 aliphatic heterocycles. The van der Waals surface area contributed by atoms with Crippen molar-refractivity contribution in [2.24, 2.45) is 0 Å². The summed E-state index contributed by atoms with van der Waals surface area (Å²) >= 11 is 8.92. The first-order chi connectivity index (χ1) is 14.3. The molecule has 1 aromatic carbocycles. The van der Waals surface area contributed by atoms with Crippen molar-refractivity contribution in [1.82, 2.24) is 15.0 Å². The zero-order valence-electron chi connectivity index (χ0n) is 16.1. The molecule has 0 radical (unpaired) electrons. The molecule has 1 N–H and O–H groups in total. The fourth-order valence-corrected chi connectivity index (χ4v) is 5.91. The molecule has 30 heavy (non-hydrogen) atoms. The molecule has 3 aromatic heterocycles. The van der Waals surface area contributed by atoms with Gasteiger partial charge >= 0.3 is 0 Å². The van der Waals surface area contributed by atoms with Crippen molar-refractivity contribution >= 4 is 55.1 Å². The first kappa shape index (κ1) is 20.9. The fraction of sp³-hybridized carbons (Fsp3) is 0.150. The van der Waals surface area contributed by atoms with Crippen LogP contribution in [0.3, 0.4) is 0 Å². The largest absolute Gasteiger partial charge is 0.316 e. The van der Waals surface area contributed by atoms with Crippen molar-refractivity contribution < 1.29 is 8.42 Å². The molecule has 0 fully saturated rings. The van der Waals surface area contributed by atoms with Crippen molar-refractivity contribution in [3.05, 3.63) is 69.3 Å². The molecule has 0 spiro atoms. The van der Waals surface area contributed by atoms with Gasteiger partial charge in [0.25, 0.3) is 0 Å². The summed E-state index contributed by atoms with van der Waals surface area (Å²) in [6, 6.07) is 9.94. The van der Waals surface area contributed by atoms with Gasteiger partial charge in [-0.2, -0.15) is 0 Å². The number of pyridine rings is 1. The average molecular weight is 477 g/mol. The van der Waals surface area contributed by atoms with Crippen LogP contribution in [-0.4, -0.2) is 23.4 Å². The Morgan fingerprint density at radius 1 is 1.07 bits per heavy atom. The van der Waals surface area contributed by atoms with E-state index in [-0.39, 0.29) is 10.6 Å². The Morgan fingerprint density at radius 2 is 1.83 bits per heavy atom. The van der Waals surface area contributed by atoms with Gasteiger partial charge in [-0.05, 0) is 43.7 Å². The van der Waals surface area contributed by atoms with E-state index in [0.717, 1.165) is 21.3 Å². The van der Waals surface area contributed by atoms with E-state index in [0.29, 0.717) is 21.5 Å². The number of aryl methyl sites for hydroxylation is 2. The first-order valence-electron chi connectivity index (χ1n) is 8.90. The summed E-state index contributed by atoms with van der Waals surface area (Å²) in [6.07, 6.45) is 1.36. The van der Waals surface area contributed by atoms with Crippen LogP contribution in [0.25, 0.3) is 10.6 Å². The van der Waals surface area contributed by atoms with Gasteiger partial charge < -0.3 is 5.32 Å². The Balaban J connectivity index is 1.47. The molecule has 0 saturated heterocycles. The Hall–Kier alpha value is -2.33. The summed E-state index contributed by atoms with van der Waals surface area (Å²) in [5, 5.41) is 7.34. The van der Waals surface area contributed by atoms with Crippen LogP contribution in [0.2, 0.25) is 5.02 Å². The van der Waals surface area contributed by atoms with E-state index in [9.17, 15) is 8.42 Å². The number of nitrogens with zero attached hydrogens (tertiary/aromatic N) is 3. The lowest BCUT2D eigenvalue weighted by atomic mass is 10.2. The molecule has 4 aromatic rings. The first-order valence-corrected chi connectivity index (χ1v) is 12.6. The Kier molecular flexibility index (Phi) is 5.88. The number of rotatable bonds is 6. The Morgan fingerprint density at radius 3 is 2.47 bits per heavy atom. The van der Waals surface area contributed by atoms with E-state index in [1.165, 1.54) is 17.5 Å². The predicted octanol–water partition coefficient (Wildman–Crippen LogP) is 5.65. The van der Waals surface area contributed by atoms with Crippen LogP contribution in [0.5, 0.6) is 0 Å². The number of aromatic nitrogens is 3. The zero-order valence-corrected chi connectivity index (χ0v) is 19.3. The number of sulfone groups is 1. The number of hydrogen-bond donors (Lipinski definition) is 1. The maximum atomic E-state index is 12.6. The average Bonchev–Trinajstić information content (AvgIpc) is 3.29. The molecular formula is C20H17ClN4O2S3. The van der Waals surface area contributed by atoms with Crippen LogP contribution in [0.15, 0.2) is 52.9 Å². The SMILES string of the molecule is Cc1nc(C)c(-c2csc(Nc3ccc(S(=O)(=O)Cc4ccc(Cl)cc4)cn3)n2)s1. The van der Waals surface area contributed by atoms with E-state index < -0.39 is 9.84 Å². The number of hydrogen-bond acceptors (Lipinski definition) is 8. The minimum Gasteiger partial charge on any atom is -0.316 e. The number of thiazole rings is 2.